The van der Waals surface area contributed by atoms with Crippen molar-refractivity contribution in [2.45, 2.75) is 0 Å². The zero-order valence-electron chi connectivity index (χ0n) is 12.7. The first-order chi connectivity index (χ1) is 12.0. The Morgan fingerprint density at radius 3 is 2.64 bits per heavy atom. The molecular weight excluding hydrogens is 372 g/mol. The fourth-order valence-corrected chi connectivity index (χ4v) is 3.14. The summed E-state index contributed by atoms with van der Waals surface area (Å²) in [5.41, 5.74) is 0.0669. The lowest BCUT2D eigenvalue weighted by molar-refractivity contribution is 0.102. The molecule has 0 aliphatic carbocycles. The topological polar surface area (TPSA) is 64.1 Å². The number of ether oxygens (including phenoxy) is 1. The van der Waals surface area contributed by atoms with Crippen LogP contribution < -0.4 is 10.1 Å². The number of aromatic nitrogens is 2. The molecule has 0 spiro atoms. The molecule has 0 aliphatic heterocycles. The average Bonchev–Trinajstić information content (AvgIpc) is 3.08. The number of rotatable bonds is 4. The molecule has 1 amide bonds. The van der Waals surface area contributed by atoms with Crippen molar-refractivity contribution >= 4 is 34.5 Å². The normalized spacial score (nSPS) is 10.6. The fraction of sp³-hybridized carbons (Fsp3) is 0.0625. The number of nitrogens with zero attached hydrogens (tertiary/aromatic N) is 2. The molecule has 1 N–H and O–H groups in total. The summed E-state index contributed by atoms with van der Waals surface area (Å²) in [6, 6.07) is 4.87. The van der Waals surface area contributed by atoms with Crippen molar-refractivity contribution in [2.75, 3.05) is 12.4 Å². The largest absolute Gasteiger partial charge is 0.481 e. The molecule has 3 aromatic rings. The predicted octanol–water partition coefficient (Wildman–Crippen LogP) is 4.40. The molecule has 128 valence electrons. The van der Waals surface area contributed by atoms with Gasteiger partial charge in [0.15, 0.2) is 11.6 Å². The zero-order chi connectivity index (χ0) is 18.0. The van der Waals surface area contributed by atoms with Gasteiger partial charge in [-0.05, 0) is 18.2 Å². The quantitative estimate of drug-likeness (QED) is 0.727. The first kappa shape index (κ1) is 17.2. The number of thiophene rings is 1. The van der Waals surface area contributed by atoms with Gasteiger partial charge in [0.25, 0.3) is 5.91 Å². The van der Waals surface area contributed by atoms with Crippen LogP contribution in [0.5, 0.6) is 5.88 Å². The van der Waals surface area contributed by atoms with Crippen molar-refractivity contribution in [3.63, 3.8) is 0 Å². The van der Waals surface area contributed by atoms with Gasteiger partial charge >= 0.3 is 0 Å². The number of methoxy groups -OCH3 is 1. The number of hydrogen-bond acceptors (Lipinski definition) is 5. The van der Waals surface area contributed by atoms with Crippen LogP contribution in [-0.2, 0) is 0 Å². The van der Waals surface area contributed by atoms with Gasteiger partial charge in [-0.25, -0.2) is 13.8 Å². The monoisotopic (exact) mass is 381 g/mol. The molecule has 25 heavy (non-hydrogen) atoms. The second-order valence-electron chi connectivity index (χ2n) is 4.81. The third-order valence-corrected chi connectivity index (χ3v) is 4.52. The van der Waals surface area contributed by atoms with Crippen LogP contribution >= 0.6 is 22.9 Å². The number of nitrogens with one attached hydrogen (secondary N) is 1. The van der Waals surface area contributed by atoms with Crippen molar-refractivity contribution in [3.8, 4) is 16.3 Å². The minimum atomic E-state index is -0.953. The van der Waals surface area contributed by atoms with E-state index in [-0.39, 0.29) is 4.88 Å². The van der Waals surface area contributed by atoms with Gasteiger partial charge in [0, 0.05) is 11.1 Å². The Balaban J connectivity index is 1.89. The number of amides is 1. The van der Waals surface area contributed by atoms with E-state index in [2.05, 4.69) is 15.3 Å². The summed E-state index contributed by atoms with van der Waals surface area (Å²) >= 11 is 7.07. The number of pyridine rings is 2. The summed E-state index contributed by atoms with van der Waals surface area (Å²) in [6.07, 6.45) is 3.09. The SMILES string of the molecule is COc1ncc(Cl)cc1-c1ccc(C(=O)Nc2c(F)cncc2F)s1. The Morgan fingerprint density at radius 2 is 1.96 bits per heavy atom. The first-order valence-electron chi connectivity index (χ1n) is 6.89. The highest BCUT2D eigenvalue weighted by Crippen LogP contribution is 2.35. The van der Waals surface area contributed by atoms with E-state index in [1.807, 2.05) is 0 Å². The number of halogens is 3. The molecule has 0 saturated heterocycles. The van der Waals surface area contributed by atoms with Crippen molar-refractivity contribution in [2.24, 2.45) is 0 Å². The van der Waals surface area contributed by atoms with Crippen molar-refractivity contribution < 1.29 is 18.3 Å². The third-order valence-electron chi connectivity index (χ3n) is 3.20. The van der Waals surface area contributed by atoms with Gasteiger partial charge in [-0.3, -0.25) is 9.78 Å². The van der Waals surface area contributed by atoms with Crippen molar-refractivity contribution in [3.05, 3.63) is 58.3 Å². The maximum atomic E-state index is 13.6. The van der Waals surface area contributed by atoms with Crippen LogP contribution in [0.3, 0.4) is 0 Å². The lowest BCUT2D eigenvalue weighted by Gasteiger charge is -2.06. The minimum absolute atomic E-state index is 0.257. The molecule has 3 heterocycles. The third kappa shape index (κ3) is 3.59. The van der Waals surface area contributed by atoms with E-state index in [0.29, 0.717) is 21.3 Å². The molecule has 0 fully saturated rings. The summed E-state index contributed by atoms with van der Waals surface area (Å²) in [5.74, 6) is -2.20. The number of carbonyl (C=O) groups excluding carboxylic acids is 1. The maximum Gasteiger partial charge on any atom is 0.265 e. The van der Waals surface area contributed by atoms with E-state index >= 15 is 0 Å². The Morgan fingerprint density at radius 1 is 1.24 bits per heavy atom. The highest BCUT2D eigenvalue weighted by Gasteiger charge is 2.17. The van der Waals surface area contributed by atoms with Crippen LogP contribution in [0.25, 0.3) is 10.4 Å². The summed E-state index contributed by atoms with van der Waals surface area (Å²) in [7, 11) is 1.47. The van der Waals surface area contributed by atoms with E-state index < -0.39 is 23.2 Å². The highest BCUT2D eigenvalue weighted by atomic mass is 35.5. The summed E-state index contributed by atoms with van der Waals surface area (Å²) < 4.78 is 32.4. The van der Waals surface area contributed by atoms with Gasteiger partial charge in [0.2, 0.25) is 5.88 Å². The molecule has 0 atom stereocenters. The summed E-state index contributed by atoms with van der Waals surface area (Å²) in [5, 5.41) is 2.62. The minimum Gasteiger partial charge on any atom is -0.481 e. The second-order valence-corrected chi connectivity index (χ2v) is 6.33. The lowest BCUT2D eigenvalue weighted by Crippen LogP contribution is -2.13. The van der Waals surface area contributed by atoms with Gasteiger partial charge in [-0.1, -0.05) is 11.6 Å². The van der Waals surface area contributed by atoms with E-state index in [1.54, 1.807) is 12.1 Å². The molecule has 0 saturated carbocycles. The summed E-state index contributed by atoms with van der Waals surface area (Å²) in [6.45, 7) is 0. The smallest absolute Gasteiger partial charge is 0.265 e. The molecule has 0 radical (unpaired) electrons. The Kier molecular flexibility index (Phi) is 4.91. The van der Waals surface area contributed by atoms with E-state index in [0.717, 1.165) is 23.7 Å². The predicted molar refractivity (Wildman–Crippen MR) is 91.2 cm³/mol. The maximum absolute atomic E-state index is 13.6. The fourth-order valence-electron chi connectivity index (χ4n) is 2.08. The Hall–Kier alpha value is -2.58. The van der Waals surface area contributed by atoms with Gasteiger partial charge in [-0.15, -0.1) is 11.3 Å². The van der Waals surface area contributed by atoms with Crippen molar-refractivity contribution in [1.82, 2.24) is 9.97 Å². The van der Waals surface area contributed by atoms with E-state index in [1.165, 1.54) is 19.4 Å². The second kappa shape index (κ2) is 7.12. The average molecular weight is 382 g/mol. The van der Waals surface area contributed by atoms with E-state index in [9.17, 15) is 13.6 Å². The number of carbonyl (C=O) groups is 1. The van der Waals surface area contributed by atoms with Gasteiger partial charge in [0.1, 0.15) is 5.69 Å². The highest BCUT2D eigenvalue weighted by molar-refractivity contribution is 7.17. The molecule has 3 rings (SSSR count). The van der Waals surface area contributed by atoms with Crippen LogP contribution in [0.1, 0.15) is 9.67 Å². The van der Waals surface area contributed by atoms with Gasteiger partial charge in [0.05, 0.1) is 35.0 Å². The molecule has 9 heteroatoms. The first-order valence-corrected chi connectivity index (χ1v) is 8.09. The molecule has 0 aromatic carbocycles. The zero-order valence-corrected chi connectivity index (χ0v) is 14.3. The van der Waals surface area contributed by atoms with Gasteiger partial charge < -0.3 is 10.1 Å². The standard InChI is InChI=1S/C16H10ClF2N3O2S/c1-24-16-9(4-8(17)5-21-16)12-2-3-13(25-12)15(23)22-14-10(18)6-20-7-11(14)19/h2-7H,1H3,(H,20,22,23). The molecule has 0 bridgehead atoms. The molecule has 0 aliphatic rings. The van der Waals surface area contributed by atoms with Crippen molar-refractivity contribution in [1.29, 1.82) is 0 Å². The van der Waals surface area contributed by atoms with E-state index in [4.69, 9.17) is 16.3 Å². The Labute approximate surface area is 150 Å². The van der Waals surface area contributed by atoms with Crippen LogP contribution in [0.4, 0.5) is 14.5 Å². The number of anilines is 1. The Bertz CT molecular complexity index is 929. The van der Waals surface area contributed by atoms with Crippen LogP contribution in [-0.4, -0.2) is 23.0 Å². The molecular formula is C16H10ClF2N3O2S. The molecule has 0 unspecified atom stereocenters. The number of hydrogen-bond donors (Lipinski definition) is 1. The molecule has 3 aromatic heterocycles. The lowest BCUT2D eigenvalue weighted by atomic mass is 10.2. The van der Waals surface area contributed by atoms with Crippen LogP contribution in [0, 0.1) is 11.6 Å². The van der Waals surface area contributed by atoms with Crippen LogP contribution in [0.15, 0.2) is 36.8 Å². The summed E-state index contributed by atoms with van der Waals surface area (Å²) in [4.78, 5) is 20.6. The molecule has 5 nitrogen and oxygen atoms in total. The van der Waals surface area contributed by atoms with Gasteiger partial charge in [-0.2, -0.15) is 0 Å². The van der Waals surface area contributed by atoms with Crippen LogP contribution in [0.2, 0.25) is 5.02 Å².